The van der Waals surface area contributed by atoms with E-state index in [0.29, 0.717) is 36.9 Å². The summed E-state index contributed by atoms with van der Waals surface area (Å²) in [4.78, 5) is 27.1. The van der Waals surface area contributed by atoms with Crippen LogP contribution in [0.15, 0.2) is 30.0 Å². The third-order valence-corrected chi connectivity index (χ3v) is 4.46. The van der Waals surface area contributed by atoms with E-state index in [1.807, 2.05) is 11.0 Å². The maximum atomic E-state index is 12.3. The SMILES string of the molecule is CC(=O)N1CCN(/C=C(/C#N)C(=O)Nc2cccc(Cl)c2Cl)CC1. The van der Waals surface area contributed by atoms with Crippen molar-refractivity contribution in [1.29, 1.82) is 5.26 Å². The summed E-state index contributed by atoms with van der Waals surface area (Å²) in [6.45, 7) is 3.78. The minimum Gasteiger partial charge on any atom is -0.373 e. The van der Waals surface area contributed by atoms with Gasteiger partial charge >= 0.3 is 0 Å². The number of benzene rings is 1. The number of hydrogen-bond acceptors (Lipinski definition) is 4. The standard InChI is InChI=1S/C16H16Cl2N4O2/c1-11(23)22-7-5-21(6-8-22)10-12(9-19)16(24)20-14-4-2-3-13(17)15(14)18/h2-4,10H,5-8H2,1H3,(H,20,24)/b12-10-. The molecule has 1 N–H and O–H groups in total. The van der Waals surface area contributed by atoms with Crippen LogP contribution in [0.4, 0.5) is 5.69 Å². The summed E-state index contributed by atoms with van der Waals surface area (Å²) in [6.07, 6.45) is 1.51. The van der Waals surface area contributed by atoms with Crippen LogP contribution in [0.3, 0.4) is 0 Å². The van der Waals surface area contributed by atoms with Crippen LogP contribution in [-0.4, -0.2) is 47.8 Å². The second-order valence-electron chi connectivity index (χ2n) is 5.25. The van der Waals surface area contributed by atoms with Gasteiger partial charge in [-0.3, -0.25) is 9.59 Å². The van der Waals surface area contributed by atoms with Gasteiger partial charge in [-0.2, -0.15) is 5.26 Å². The number of nitriles is 1. The van der Waals surface area contributed by atoms with Crippen LogP contribution >= 0.6 is 23.2 Å². The van der Waals surface area contributed by atoms with Crippen molar-refractivity contribution in [2.24, 2.45) is 0 Å². The molecular weight excluding hydrogens is 351 g/mol. The number of nitrogens with one attached hydrogen (secondary N) is 1. The molecule has 0 saturated carbocycles. The highest BCUT2D eigenvalue weighted by Gasteiger charge is 2.19. The van der Waals surface area contributed by atoms with Crippen molar-refractivity contribution in [2.75, 3.05) is 31.5 Å². The molecule has 24 heavy (non-hydrogen) atoms. The van der Waals surface area contributed by atoms with E-state index in [1.54, 1.807) is 23.1 Å². The van der Waals surface area contributed by atoms with Gasteiger partial charge in [-0.25, -0.2) is 0 Å². The Morgan fingerprint density at radius 3 is 2.50 bits per heavy atom. The van der Waals surface area contributed by atoms with Crippen molar-refractivity contribution in [1.82, 2.24) is 9.80 Å². The van der Waals surface area contributed by atoms with E-state index in [0.717, 1.165) is 0 Å². The van der Waals surface area contributed by atoms with Crippen LogP contribution in [0.25, 0.3) is 0 Å². The second kappa shape index (κ2) is 8.04. The number of carbonyl (C=O) groups excluding carboxylic acids is 2. The first-order chi connectivity index (χ1) is 11.4. The third-order valence-electron chi connectivity index (χ3n) is 3.64. The average Bonchev–Trinajstić information content (AvgIpc) is 2.57. The molecule has 1 heterocycles. The topological polar surface area (TPSA) is 76.4 Å². The maximum absolute atomic E-state index is 12.3. The molecule has 6 nitrogen and oxygen atoms in total. The van der Waals surface area contributed by atoms with Crippen molar-refractivity contribution >= 4 is 40.7 Å². The molecule has 126 valence electrons. The van der Waals surface area contributed by atoms with Gasteiger partial charge in [0, 0.05) is 39.3 Å². The van der Waals surface area contributed by atoms with E-state index in [2.05, 4.69) is 5.32 Å². The lowest BCUT2D eigenvalue weighted by molar-refractivity contribution is -0.130. The molecule has 1 saturated heterocycles. The molecule has 0 atom stereocenters. The highest BCUT2D eigenvalue weighted by molar-refractivity contribution is 6.44. The first kappa shape index (κ1) is 18.1. The molecule has 0 aromatic heterocycles. The molecule has 0 radical (unpaired) electrons. The van der Waals surface area contributed by atoms with Crippen LogP contribution in [0.5, 0.6) is 0 Å². The molecule has 8 heteroatoms. The number of carbonyl (C=O) groups is 2. The Kier molecular flexibility index (Phi) is 6.07. The van der Waals surface area contributed by atoms with Gasteiger partial charge in [0.15, 0.2) is 0 Å². The molecule has 0 unspecified atom stereocenters. The van der Waals surface area contributed by atoms with Crippen LogP contribution in [0, 0.1) is 11.3 Å². The first-order valence-corrected chi connectivity index (χ1v) is 8.05. The zero-order chi connectivity index (χ0) is 17.7. The lowest BCUT2D eigenvalue weighted by Crippen LogP contribution is -2.46. The summed E-state index contributed by atoms with van der Waals surface area (Å²) in [5.74, 6) is -0.539. The van der Waals surface area contributed by atoms with Gasteiger partial charge in [-0.1, -0.05) is 29.3 Å². The molecule has 1 aromatic carbocycles. The van der Waals surface area contributed by atoms with Crippen molar-refractivity contribution in [3.8, 4) is 6.07 Å². The lowest BCUT2D eigenvalue weighted by Gasteiger charge is -2.33. The lowest BCUT2D eigenvalue weighted by atomic mass is 10.2. The summed E-state index contributed by atoms with van der Waals surface area (Å²) in [5, 5.41) is 12.4. The molecule has 1 aliphatic rings. The predicted molar refractivity (Wildman–Crippen MR) is 92.6 cm³/mol. The summed E-state index contributed by atoms with van der Waals surface area (Å²) in [7, 11) is 0. The number of piperazine rings is 1. The Labute approximate surface area is 150 Å². The fourth-order valence-electron chi connectivity index (χ4n) is 2.28. The molecule has 2 rings (SSSR count). The van der Waals surface area contributed by atoms with Gasteiger partial charge in [0.1, 0.15) is 11.6 Å². The number of nitrogens with zero attached hydrogens (tertiary/aromatic N) is 3. The van der Waals surface area contributed by atoms with Gasteiger partial charge < -0.3 is 15.1 Å². The highest BCUT2D eigenvalue weighted by Crippen LogP contribution is 2.29. The zero-order valence-electron chi connectivity index (χ0n) is 13.1. The monoisotopic (exact) mass is 366 g/mol. The molecular formula is C16H16Cl2N4O2. The summed E-state index contributed by atoms with van der Waals surface area (Å²) in [5.41, 5.74) is 0.305. The van der Waals surface area contributed by atoms with E-state index in [4.69, 9.17) is 23.2 Å². The summed E-state index contributed by atoms with van der Waals surface area (Å²) < 4.78 is 0. The zero-order valence-corrected chi connectivity index (χ0v) is 14.6. The largest absolute Gasteiger partial charge is 0.373 e. The van der Waals surface area contributed by atoms with Crippen LogP contribution in [0.1, 0.15) is 6.92 Å². The molecule has 0 bridgehead atoms. The van der Waals surface area contributed by atoms with Gasteiger partial charge in [0.2, 0.25) is 5.91 Å². The minimum atomic E-state index is -0.560. The summed E-state index contributed by atoms with van der Waals surface area (Å²) in [6, 6.07) is 6.75. The second-order valence-corrected chi connectivity index (χ2v) is 6.04. The van der Waals surface area contributed by atoms with E-state index in [9.17, 15) is 14.9 Å². The molecule has 2 amide bonds. The Balaban J connectivity index is 2.05. The fraction of sp³-hybridized carbons (Fsp3) is 0.312. The number of halogens is 2. The van der Waals surface area contributed by atoms with E-state index < -0.39 is 5.91 Å². The van der Waals surface area contributed by atoms with E-state index >= 15 is 0 Å². The average molecular weight is 367 g/mol. The maximum Gasteiger partial charge on any atom is 0.267 e. The normalized spacial score (nSPS) is 15.0. The van der Waals surface area contributed by atoms with Gasteiger partial charge in [0.25, 0.3) is 5.91 Å². The van der Waals surface area contributed by atoms with Crippen LogP contribution < -0.4 is 5.32 Å². The first-order valence-electron chi connectivity index (χ1n) is 7.29. The quantitative estimate of drug-likeness (QED) is 0.658. The van der Waals surface area contributed by atoms with Crippen molar-refractivity contribution in [2.45, 2.75) is 6.92 Å². The molecule has 0 spiro atoms. The van der Waals surface area contributed by atoms with E-state index in [-0.39, 0.29) is 16.5 Å². The van der Waals surface area contributed by atoms with Gasteiger partial charge in [-0.15, -0.1) is 0 Å². The van der Waals surface area contributed by atoms with Gasteiger partial charge in [0.05, 0.1) is 15.7 Å². The number of amides is 2. The fourth-order valence-corrected chi connectivity index (χ4v) is 2.62. The third kappa shape index (κ3) is 4.40. The highest BCUT2D eigenvalue weighted by atomic mass is 35.5. The number of rotatable bonds is 3. The summed E-state index contributed by atoms with van der Waals surface area (Å²) >= 11 is 11.9. The van der Waals surface area contributed by atoms with Crippen molar-refractivity contribution < 1.29 is 9.59 Å². The Morgan fingerprint density at radius 2 is 1.92 bits per heavy atom. The Morgan fingerprint density at radius 1 is 1.25 bits per heavy atom. The Hall–Kier alpha value is -2.23. The van der Waals surface area contributed by atoms with E-state index in [1.165, 1.54) is 13.1 Å². The van der Waals surface area contributed by atoms with Crippen molar-refractivity contribution in [3.63, 3.8) is 0 Å². The molecule has 1 fully saturated rings. The van der Waals surface area contributed by atoms with Crippen LogP contribution in [-0.2, 0) is 9.59 Å². The minimum absolute atomic E-state index is 0.0208. The smallest absolute Gasteiger partial charge is 0.267 e. The van der Waals surface area contributed by atoms with Crippen molar-refractivity contribution in [3.05, 3.63) is 40.0 Å². The van der Waals surface area contributed by atoms with Gasteiger partial charge in [-0.05, 0) is 12.1 Å². The molecule has 1 aromatic rings. The molecule has 1 aliphatic heterocycles. The number of hydrogen-bond donors (Lipinski definition) is 1. The molecule has 0 aliphatic carbocycles. The van der Waals surface area contributed by atoms with Crippen LogP contribution in [0.2, 0.25) is 10.0 Å². The number of anilines is 1. The predicted octanol–water partition coefficient (Wildman–Crippen LogP) is 2.50. The Bertz CT molecular complexity index is 719.